The van der Waals surface area contributed by atoms with E-state index in [0.717, 1.165) is 19.4 Å². The van der Waals surface area contributed by atoms with Crippen LogP contribution in [0.25, 0.3) is 0 Å². The highest BCUT2D eigenvalue weighted by Gasteiger charge is 2.37. The maximum Gasteiger partial charge on any atom is 0.324 e. The Labute approximate surface area is 84.6 Å². The molecule has 3 nitrogen and oxygen atoms in total. The van der Waals surface area contributed by atoms with Crippen molar-refractivity contribution in [1.29, 1.82) is 0 Å². The quantitative estimate of drug-likeness (QED) is 0.688. The topological polar surface area (TPSA) is 49.3 Å². The number of carboxylic acids is 1. The number of piperidine rings is 1. The summed E-state index contributed by atoms with van der Waals surface area (Å²) in [7, 11) is 0. The average Bonchev–Trinajstić information content (AvgIpc) is 2.06. The van der Waals surface area contributed by atoms with Gasteiger partial charge >= 0.3 is 5.97 Å². The second kappa shape index (κ2) is 5.25. The largest absolute Gasteiger partial charge is 0.480 e. The Balaban J connectivity index is 0.00000144. The molecule has 1 aliphatic rings. The van der Waals surface area contributed by atoms with Gasteiger partial charge in [-0.25, -0.2) is 0 Å². The van der Waals surface area contributed by atoms with Crippen molar-refractivity contribution in [2.24, 2.45) is 0 Å². The normalized spacial score (nSPS) is 27.4. The van der Waals surface area contributed by atoms with Gasteiger partial charge in [-0.3, -0.25) is 4.79 Å². The molecule has 1 rings (SSSR count). The maximum atomic E-state index is 11.0. The number of carboxylic acid groups (broad SMARTS) is 1. The fourth-order valence-electron chi connectivity index (χ4n) is 1.66. The van der Waals surface area contributed by atoms with Crippen molar-refractivity contribution in [3.05, 3.63) is 12.7 Å². The van der Waals surface area contributed by atoms with Crippen molar-refractivity contribution >= 4 is 18.4 Å². The summed E-state index contributed by atoms with van der Waals surface area (Å²) >= 11 is 0. The predicted octanol–water partition coefficient (Wildman–Crippen LogP) is 1.58. The van der Waals surface area contributed by atoms with Crippen LogP contribution in [-0.4, -0.2) is 23.2 Å². The Morgan fingerprint density at radius 2 is 2.31 bits per heavy atom. The number of rotatable bonds is 3. The second-order valence-electron chi connectivity index (χ2n) is 3.26. The average molecular weight is 206 g/mol. The van der Waals surface area contributed by atoms with Crippen molar-refractivity contribution in [2.45, 2.75) is 31.2 Å². The van der Waals surface area contributed by atoms with Crippen molar-refractivity contribution in [3.8, 4) is 0 Å². The van der Waals surface area contributed by atoms with Crippen LogP contribution >= 0.6 is 12.4 Å². The highest BCUT2D eigenvalue weighted by Crippen LogP contribution is 2.23. The summed E-state index contributed by atoms with van der Waals surface area (Å²) in [4.78, 5) is 11.0. The molecule has 4 heteroatoms. The van der Waals surface area contributed by atoms with Gasteiger partial charge in [0.25, 0.3) is 0 Å². The van der Waals surface area contributed by atoms with Gasteiger partial charge in [0.05, 0.1) is 0 Å². The zero-order chi connectivity index (χ0) is 9.03. The number of aliphatic carboxylic acids is 1. The summed E-state index contributed by atoms with van der Waals surface area (Å²) in [6.07, 6.45) is 4.97. The van der Waals surface area contributed by atoms with Gasteiger partial charge < -0.3 is 10.4 Å². The molecule has 1 saturated heterocycles. The highest BCUT2D eigenvalue weighted by atomic mass is 35.5. The minimum Gasteiger partial charge on any atom is -0.480 e. The molecule has 0 saturated carbocycles. The molecular weight excluding hydrogens is 190 g/mol. The molecule has 76 valence electrons. The van der Waals surface area contributed by atoms with Crippen LogP contribution in [-0.2, 0) is 4.79 Å². The van der Waals surface area contributed by atoms with Crippen LogP contribution in [0.15, 0.2) is 12.7 Å². The van der Waals surface area contributed by atoms with Crippen LogP contribution in [0.2, 0.25) is 0 Å². The number of nitrogens with one attached hydrogen (secondary N) is 1. The second-order valence-corrected chi connectivity index (χ2v) is 3.26. The first kappa shape index (κ1) is 12.5. The van der Waals surface area contributed by atoms with E-state index in [1.54, 1.807) is 6.08 Å². The van der Waals surface area contributed by atoms with Gasteiger partial charge in [0.15, 0.2) is 0 Å². The van der Waals surface area contributed by atoms with Crippen molar-refractivity contribution in [3.63, 3.8) is 0 Å². The van der Waals surface area contributed by atoms with Crippen LogP contribution in [0.3, 0.4) is 0 Å². The summed E-state index contributed by atoms with van der Waals surface area (Å²) in [5.74, 6) is -0.748. The summed E-state index contributed by atoms with van der Waals surface area (Å²) < 4.78 is 0. The minimum absolute atomic E-state index is 0. The van der Waals surface area contributed by atoms with E-state index in [2.05, 4.69) is 11.9 Å². The zero-order valence-electron chi connectivity index (χ0n) is 7.58. The summed E-state index contributed by atoms with van der Waals surface area (Å²) in [5, 5.41) is 12.1. The molecule has 0 aliphatic carbocycles. The van der Waals surface area contributed by atoms with E-state index in [9.17, 15) is 4.79 Å². The van der Waals surface area contributed by atoms with Crippen LogP contribution in [0, 0.1) is 0 Å². The Morgan fingerprint density at radius 1 is 1.62 bits per heavy atom. The number of hydrogen-bond donors (Lipinski definition) is 2. The predicted molar refractivity (Wildman–Crippen MR) is 54.3 cm³/mol. The first-order chi connectivity index (χ1) is 5.71. The molecular formula is C9H16ClNO2. The van der Waals surface area contributed by atoms with Crippen molar-refractivity contribution in [1.82, 2.24) is 5.32 Å². The van der Waals surface area contributed by atoms with Crippen LogP contribution < -0.4 is 5.32 Å². The van der Waals surface area contributed by atoms with E-state index >= 15 is 0 Å². The molecule has 0 spiro atoms. The SMILES string of the molecule is C=CCC1(C(=O)O)CCCCN1.Cl. The standard InChI is InChI=1S/C9H15NO2.ClH/c1-2-5-9(8(11)12)6-3-4-7-10-9;/h2,10H,1,3-7H2,(H,11,12);1H. The lowest BCUT2D eigenvalue weighted by molar-refractivity contribution is -0.145. The zero-order valence-corrected chi connectivity index (χ0v) is 8.40. The van der Waals surface area contributed by atoms with E-state index in [-0.39, 0.29) is 12.4 Å². The van der Waals surface area contributed by atoms with Gasteiger partial charge in [0.1, 0.15) is 5.54 Å². The lowest BCUT2D eigenvalue weighted by atomic mass is 9.86. The molecule has 1 aliphatic heterocycles. The fourth-order valence-corrected chi connectivity index (χ4v) is 1.66. The molecule has 13 heavy (non-hydrogen) atoms. The third kappa shape index (κ3) is 2.71. The fraction of sp³-hybridized carbons (Fsp3) is 0.667. The molecule has 0 radical (unpaired) electrons. The van der Waals surface area contributed by atoms with Gasteiger partial charge in [-0.05, 0) is 32.2 Å². The minimum atomic E-state index is -0.748. The molecule has 0 aromatic rings. The van der Waals surface area contributed by atoms with Crippen LogP contribution in [0.1, 0.15) is 25.7 Å². The molecule has 1 fully saturated rings. The molecule has 1 atom stereocenters. The Morgan fingerprint density at radius 3 is 2.69 bits per heavy atom. The van der Waals surface area contributed by atoms with E-state index < -0.39 is 11.5 Å². The van der Waals surface area contributed by atoms with E-state index in [1.165, 1.54) is 0 Å². The molecule has 0 aromatic carbocycles. The van der Waals surface area contributed by atoms with Gasteiger partial charge in [-0.1, -0.05) is 6.08 Å². The molecule has 1 unspecified atom stereocenters. The molecule has 0 aromatic heterocycles. The summed E-state index contributed by atoms with van der Waals surface area (Å²) in [6.45, 7) is 4.38. The monoisotopic (exact) mass is 205 g/mol. The Kier molecular flexibility index (Phi) is 5.03. The van der Waals surface area contributed by atoms with Crippen LogP contribution in [0.4, 0.5) is 0 Å². The molecule has 2 N–H and O–H groups in total. The number of halogens is 1. The molecule has 0 amide bonds. The summed E-state index contributed by atoms with van der Waals surface area (Å²) in [5.41, 5.74) is -0.722. The first-order valence-electron chi connectivity index (χ1n) is 4.30. The van der Waals surface area contributed by atoms with E-state index in [4.69, 9.17) is 5.11 Å². The lowest BCUT2D eigenvalue weighted by Gasteiger charge is -2.33. The third-order valence-corrected chi connectivity index (χ3v) is 2.40. The molecule has 1 heterocycles. The Bertz CT molecular complexity index is 188. The molecule has 0 bridgehead atoms. The van der Waals surface area contributed by atoms with Gasteiger partial charge in [0.2, 0.25) is 0 Å². The van der Waals surface area contributed by atoms with Crippen molar-refractivity contribution in [2.75, 3.05) is 6.54 Å². The lowest BCUT2D eigenvalue weighted by Crippen LogP contribution is -2.54. The Hall–Kier alpha value is -0.540. The number of carbonyl (C=O) groups is 1. The van der Waals surface area contributed by atoms with Crippen LogP contribution in [0.5, 0.6) is 0 Å². The summed E-state index contributed by atoms with van der Waals surface area (Å²) in [6, 6.07) is 0. The highest BCUT2D eigenvalue weighted by molar-refractivity contribution is 5.85. The van der Waals surface area contributed by atoms with E-state index in [0.29, 0.717) is 12.8 Å². The first-order valence-corrected chi connectivity index (χ1v) is 4.30. The van der Waals surface area contributed by atoms with Gasteiger partial charge in [-0.15, -0.1) is 19.0 Å². The third-order valence-electron chi connectivity index (χ3n) is 2.40. The van der Waals surface area contributed by atoms with Gasteiger partial charge in [0, 0.05) is 0 Å². The number of hydrogen-bond acceptors (Lipinski definition) is 2. The van der Waals surface area contributed by atoms with Crippen molar-refractivity contribution < 1.29 is 9.90 Å². The van der Waals surface area contributed by atoms with Gasteiger partial charge in [-0.2, -0.15) is 0 Å². The smallest absolute Gasteiger partial charge is 0.324 e. The maximum absolute atomic E-state index is 11.0. The van der Waals surface area contributed by atoms with E-state index in [1.807, 2.05) is 0 Å².